The van der Waals surface area contributed by atoms with Crippen molar-refractivity contribution in [2.24, 2.45) is 13.0 Å². The minimum Gasteiger partial charge on any atom is -0.394 e. The van der Waals surface area contributed by atoms with E-state index in [1.54, 1.807) is 17.9 Å². The number of nitrogens with zero attached hydrogens (tertiary/aromatic N) is 4. The number of hydrogen-bond acceptors (Lipinski definition) is 5. The van der Waals surface area contributed by atoms with E-state index in [1.807, 2.05) is 45.0 Å². The maximum absolute atomic E-state index is 13.0. The Morgan fingerprint density at radius 2 is 1.93 bits per heavy atom. The molecular formula is C21H25N5O3. The summed E-state index contributed by atoms with van der Waals surface area (Å²) in [7, 11) is 1.74. The standard InChI is InChI=1S/C21H25N5O3/c1-13(2)19(12-27)23-20(28)17-9-18(15-7-5-14(3)6-8-15)24-26(21(17)29)16-10-22-25(4)11-16/h5-11,13,19,27H,12H2,1-4H3,(H,23,28). The molecule has 0 fully saturated rings. The Bertz CT molecular complexity index is 1070. The fraction of sp³-hybridized carbons (Fsp3) is 0.333. The van der Waals surface area contributed by atoms with Gasteiger partial charge in [-0.3, -0.25) is 14.3 Å². The molecule has 0 bridgehead atoms. The molecule has 0 saturated heterocycles. The highest BCUT2D eigenvalue weighted by Gasteiger charge is 2.22. The Hall–Kier alpha value is -3.26. The molecule has 0 aliphatic heterocycles. The molecule has 3 aromatic rings. The average molecular weight is 395 g/mol. The molecule has 2 aromatic heterocycles. The first kappa shape index (κ1) is 20.5. The molecule has 2 N–H and O–H groups in total. The first-order chi connectivity index (χ1) is 13.8. The number of rotatable bonds is 6. The molecule has 1 aromatic carbocycles. The van der Waals surface area contributed by atoms with Gasteiger partial charge in [-0.25, -0.2) is 0 Å². The molecule has 0 aliphatic rings. The summed E-state index contributed by atoms with van der Waals surface area (Å²) in [5.41, 5.74) is 2.23. The van der Waals surface area contributed by atoms with Crippen molar-refractivity contribution in [3.63, 3.8) is 0 Å². The summed E-state index contributed by atoms with van der Waals surface area (Å²) in [6, 6.07) is 8.70. The smallest absolute Gasteiger partial charge is 0.284 e. The van der Waals surface area contributed by atoms with Crippen LogP contribution in [0.2, 0.25) is 0 Å². The van der Waals surface area contributed by atoms with Crippen LogP contribution < -0.4 is 10.9 Å². The Morgan fingerprint density at radius 1 is 1.24 bits per heavy atom. The number of aromatic nitrogens is 4. The molecule has 1 unspecified atom stereocenters. The fourth-order valence-corrected chi connectivity index (χ4v) is 2.88. The van der Waals surface area contributed by atoms with Gasteiger partial charge >= 0.3 is 0 Å². The molecular weight excluding hydrogens is 370 g/mol. The zero-order chi connectivity index (χ0) is 21.1. The third-order valence-corrected chi connectivity index (χ3v) is 4.76. The lowest BCUT2D eigenvalue weighted by Crippen LogP contribution is -2.43. The predicted molar refractivity (Wildman–Crippen MR) is 110 cm³/mol. The van der Waals surface area contributed by atoms with E-state index in [-0.39, 0.29) is 18.1 Å². The Labute approximate surface area is 168 Å². The summed E-state index contributed by atoms with van der Waals surface area (Å²) in [6.45, 7) is 5.54. The SMILES string of the molecule is Cc1ccc(-c2cc(C(=O)NC(CO)C(C)C)c(=O)n(-c3cnn(C)c3)n2)cc1. The average Bonchev–Trinajstić information content (AvgIpc) is 3.12. The topological polar surface area (TPSA) is 102 Å². The predicted octanol–water partition coefficient (Wildman–Crippen LogP) is 1.69. The van der Waals surface area contributed by atoms with Crippen molar-refractivity contribution >= 4 is 5.91 Å². The summed E-state index contributed by atoms with van der Waals surface area (Å²) in [5, 5.41) is 20.8. The van der Waals surface area contributed by atoms with Crippen LogP contribution in [0.5, 0.6) is 0 Å². The Morgan fingerprint density at radius 3 is 2.48 bits per heavy atom. The minimum atomic E-state index is -0.549. The van der Waals surface area contributed by atoms with Crippen molar-refractivity contribution < 1.29 is 9.90 Å². The molecule has 0 radical (unpaired) electrons. The number of carbonyl (C=O) groups is 1. The maximum atomic E-state index is 13.0. The first-order valence-electron chi connectivity index (χ1n) is 9.42. The van der Waals surface area contributed by atoms with E-state index < -0.39 is 17.5 Å². The van der Waals surface area contributed by atoms with Crippen LogP contribution in [0.1, 0.15) is 29.8 Å². The lowest BCUT2D eigenvalue weighted by molar-refractivity contribution is 0.0894. The highest BCUT2D eigenvalue weighted by molar-refractivity contribution is 5.95. The van der Waals surface area contributed by atoms with Gasteiger partial charge in [-0.05, 0) is 18.9 Å². The van der Waals surface area contributed by atoms with Gasteiger partial charge in [-0.1, -0.05) is 43.7 Å². The van der Waals surface area contributed by atoms with Crippen molar-refractivity contribution in [3.8, 4) is 16.9 Å². The van der Waals surface area contributed by atoms with Gasteiger partial charge in [0, 0.05) is 12.6 Å². The minimum absolute atomic E-state index is 0.0166. The molecule has 3 rings (SSSR count). The van der Waals surface area contributed by atoms with Crippen LogP contribution in [-0.4, -0.2) is 43.2 Å². The van der Waals surface area contributed by atoms with Gasteiger partial charge in [-0.2, -0.15) is 14.9 Å². The second-order valence-electron chi connectivity index (χ2n) is 7.40. The maximum Gasteiger partial charge on any atom is 0.284 e. The van der Waals surface area contributed by atoms with Crippen LogP contribution in [0.25, 0.3) is 16.9 Å². The van der Waals surface area contributed by atoms with E-state index in [2.05, 4.69) is 15.5 Å². The third kappa shape index (κ3) is 4.43. The number of nitrogens with one attached hydrogen (secondary N) is 1. The van der Waals surface area contributed by atoms with E-state index in [0.717, 1.165) is 11.1 Å². The van der Waals surface area contributed by atoms with Crippen molar-refractivity contribution in [2.75, 3.05) is 6.61 Å². The number of carbonyl (C=O) groups excluding carboxylic acids is 1. The van der Waals surface area contributed by atoms with E-state index in [4.69, 9.17) is 0 Å². The number of aliphatic hydroxyl groups excluding tert-OH is 1. The van der Waals surface area contributed by atoms with E-state index in [9.17, 15) is 14.7 Å². The van der Waals surface area contributed by atoms with Gasteiger partial charge < -0.3 is 10.4 Å². The zero-order valence-electron chi connectivity index (χ0n) is 17.0. The van der Waals surface area contributed by atoms with Gasteiger partial charge in [0.15, 0.2) is 0 Å². The second-order valence-corrected chi connectivity index (χ2v) is 7.40. The Kier molecular flexibility index (Phi) is 5.93. The van der Waals surface area contributed by atoms with Gasteiger partial charge in [0.25, 0.3) is 11.5 Å². The third-order valence-electron chi connectivity index (χ3n) is 4.76. The van der Waals surface area contributed by atoms with Gasteiger partial charge in [0.1, 0.15) is 11.3 Å². The molecule has 8 nitrogen and oxygen atoms in total. The van der Waals surface area contributed by atoms with Gasteiger partial charge in [0.05, 0.1) is 30.7 Å². The van der Waals surface area contributed by atoms with Crippen molar-refractivity contribution in [3.05, 3.63) is 64.2 Å². The van der Waals surface area contributed by atoms with E-state index >= 15 is 0 Å². The highest BCUT2D eigenvalue weighted by Crippen LogP contribution is 2.18. The number of amides is 1. The summed E-state index contributed by atoms with van der Waals surface area (Å²) in [5.74, 6) is -0.529. The summed E-state index contributed by atoms with van der Waals surface area (Å²) >= 11 is 0. The number of aliphatic hydroxyl groups is 1. The van der Waals surface area contributed by atoms with Crippen LogP contribution in [0, 0.1) is 12.8 Å². The molecule has 1 atom stereocenters. The van der Waals surface area contributed by atoms with Crippen LogP contribution in [0.4, 0.5) is 0 Å². The van der Waals surface area contributed by atoms with Crippen LogP contribution in [0.15, 0.2) is 47.5 Å². The Balaban J connectivity index is 2.13. The molecule has 8 heteroatoms. The summed E-state index contributed by atoms with van der Waals surface area (Å²) < 4.78 is 2.74. The van der Waals surface area contributed by atoms with Gasteiger partial charge in [-0.15, -0.1) is 0 Å². The second kappa shape index (κ2) is 8.40. The lowest BCUT2D eigenvalue weighted by Gasteiger charge is -2.20. The van der Waals surface area contributed by atoms with Crippen molar-refractivity contribution in [1.29, 1.82) is 0 Å². The molecule has 1 amide bonds. The van der Waals surface area contributed by atoms with Crippen LogP contribution >= 0.6 is 0 Å². The van der Waals surface area contributed by atoms with Crippen LogP contribution in [0.3, 0.4) is 0 Å². The highest BCUT2D eigenvalue weighted by atomic mass is 16.3. The number of hydrogen-bond donors (Lipinski definition) is 2. The number of aryl methyl sites for hydroxylation is 2. The van der Waals surface area contributed by atoms with Crippen molar-refractivity contribution in [1.82, 2.24) is 24.9 Å². The van der Waals surface area contributed by atoms with E-state index in [1.165, 1.54) is 16.9 Å². The molecule has 2 heterocycles. The van der Waals surface area contributed by atoms with E-state index in [0.29, 0.717) is 11.4 Å². The van der Waals surface area contributed by atoms with Crippen molar-refractivity contribution in [2.45, 2.75) is 26.8 Å². The molecule has 29 heavy (non-hydrogen) atoms. The quantitative estimate of drug-likeness (QED) is 0.661. The normalized spacial score (nSPS) is 12.2. The molecule has 0 saturated carbocycles. The fourth-order valence-electron chi connectivity index (χ4n) is 2.88. The summed E-state index contributed by atoms with van der Waals surface area (Å²) in [4.78, 5) is 25.9. The first-order valence-corrected chi connectivity index (χ1v) is 9.42. The monoisotopic (exact) mass is 395 g/mol. The summed E-state index contributed by atoms with van der Waals surface area (Å²) in [6.07, 6.45) is 3.17. The molecule has 0 spiro atoms. The molecule has 0 aliphatic carbocycles. The van der Waals surface area contributed by atoms with Crippen LogP contribution in [-0.2, 0) is 7.05 Å². The largest absolute Gasteiger partial charge is 0.394 e. The van der Waals surface area contributed by atoms with Gasteiger partial charge in [0.2, 0.25) is 0 Å². The number of benzene rings is 1. The zero-order valence-corrected chi connectivity index (χ0v) is 17.0. The molecule has 152 valence electrons. The lowest BCUT2D eigenvalue weighted by atomic mass is 10.0.